The molecule has 0 aliphatic rings. The minimum Gasteiger partial charge on any atom is -0.375 e. The van der Waals surface area contributed by atoms with E-state index in [2.05, 4.69) is 5.32 Å². The highest BCUT2D eigenvalue weighted by atomic mass is 19.1. The van der Waals surface area contributed by atoms with E-state index in [0.717, 1.165) is 0 Å². The third-order valence-electron chi connectivity index (χ3n) is 2.05. The fourth-order valence-corrected chi connectivity index (χ4v) is 1.20. The fraction of sp³-hybridized carbons (Fsp3) is 0.167. The van der Waals surface area contributed by atoms with Gasteiger partial charge in [0.25, 0.3) is 0 Å². The summed E-state index contributed by atoms with van der Waals surface area (Å²) in [6.07, 6.45) is 1.24. The van der Waals surface area contributed by atoms with Crippen molar-refractivity contribution >= 4 is 11.4 Å². The molecule has 1 rings (SSSR count). The number of hydrogen-bond acceptors (Lipinski definition) is 4. The van der Waals surface area contributed by atoms with Crippen LogP contribution in [0, 0.1) is 28.5 Å². The normalized spacial score (nSPS) is 8.76. The predicted octanol–water partition coefficient (Wildman–Crippen LogP) is 2.23. The second kappa shape index (κ2) is 5.53. The molecular formula is C12H11FN4. The van der Waals surface area contributed by atoms with Gasteiger partial charge in [-0.3, -0.25) is 0 Å². The van der Waals surface area contributed by atoms with E-state index in [-0.39, 0.29) is 11.4 Å². The van der Waals surface area contributed by atoms with Crippen LogP contribution in [-0.2, 0) is 0 Å². The summed E-state index contributed by atoms with van der Waals surface area (Å²) < 4.78 is 13.6. The molecule has 0 aliphatic heterocycles. The van der Waals surface area contributed by atoms with Gasteiger partial charge in [0.05, 0.1) is 5.69 Å². The molecule has 0 saturated carbocycles. The molecule has 0 radical (unpaired) electrons. The lowest BCUT2D eigenvalue weighted by molar-refractivity contribution is 0.627. The number of benzene rings is 1. The van der Waals surface area contributed by atoms with E-state index in [9.17, 15) is 4.39 Å². The van der Waals surface area contributed by atoms with Crippen LogP contribution in [0.5, 0.6) is 0 Å². The number of nitriles is 2. The Morgan fingerprint density at radius 2 is 2.00 bits per heavy atom. The van der Waals surface area contributed by atoms with Gasteiger partial charge in [-0.2, -0.15) is 10.5 Å². The summed E-state index contributed by atoms with van der Waals surface area (Å²) in [5.41, 5.74) is 0.888. The summed E-state index contributed by atoms with van der Waals surface area (Å²) in [4.78, 5) is 1.66. The first kappa shape index (κ1) is 12.5. The van der Waals surface area contributed by atoms with Crippen LogP contribution in [0.4, 0.5) is 15.8 Å². The summed E-state index contributed by atoms with van der Waals surface area (Å²) in [5.74, 6) is -0.371. The fourth-order valence-electron chi connectivity index (χ4n) is 1.20. The molecular weight excluding hydrogens is 219 g/mol. The molecule has 0 spiro atoms. The van der Waals surface area contributed by atoms with E-state index in [1.165, 1.54) is 12.3 Å². The Morgan fingerprint density at radius 1 is 1.35 bits per heavy atom. The average Bonchev–Trinajstić information content (AvgIpc) is 2.30. The molecule has 0 saturated heterocycles. The van der Waals surface area contributed by atoms with Crippen LogP contribution in [0.2, 0.25) is 0 Å². The first-order chi connectivity index (χ1) is 8.08. The van der Waals surface area contributed by atoms with Gasteiger partial charge in [0.15, 0.2) is 0 Å². The third-order valence-corrected chi connectivity index (χ3v) is 2.05. The highest BCUT2D eigenvalue weighted by Gasteiger charge is 2.04. The molecule has 0 fully saturated rings. The van der Waals surface area contributed by atoms with Crippen LogP contribution in [0.25, 0.3) is 0 Å². The van der Waals surface area contributed by atoms with Gasteiger partial charge in [-0.1, -0.05) is 0 Å². The van der Waals surface area contributed by atoms with Gasteiger partial charge >= 0.3 is 0 Å². The number of hydrogen-bond donors (Lipinski definition) is 1. The summed E-state index contributed by atoms with van der Waals surface area (Å²) in [6.45, 7) is 0. The van der Waals surface area contributed by atoms with E-state index < -0.39 is 0 Å². The predicted molar refractivity (Wildman–Crippen MR) is 63.7 cm³/mol. The maximum atomic E-state index is 13.6. The highest BCUT2D eigenvalue weighted by molar-refractivity contribution is 5.57. The maximum absolute atomic E-state index is 13.6. The van der Waals surface area contributed by atoms with E-state index in [1.807, 2.05) is 0 Å². The van der Waals surface area contributed by atoms with Crippen LogP contribution < -0.4 is 10.2 Å². The second-order valence-corrected chi connectivity index (χ2v) is 3.49. The van der Waals surface area contributed by atoms with Crippen LogP contribution >= 0.6 is 0 Å². The van der Waals surface area contributed by atoms with Gasteiger partial charge in [0.1, 0.15) is 23.5 Å². The molecule has 4 nitrogen and oxygen atoms in total. The first-order valence-electron chi connectivity index (χ1n) is 4.82. The number of nitrogens with one attached hydrogen (secondary N) is 1. The largest absolute Gasteiger partial charge is 0.375 e. The Kier molecular flexibility index (Phi) is 4.08. The Morgan fingerprint density at radius 3 is 2.47 bits per heavy atom. The van der Waals surface area contributed by atoms with Gasteiger partial charge in [-0.15, -0.1) is 0 Å². The Labute approximate surface area is 99.2 Å². The zero-order valence-electron chi connectivity index (χ0n) is 9.53. The SMILES string of the molecule is CN(C)c1ccc(NC=C(C#N)C#N)cc1F. The van der Waals surface area contributed by atoms with Gasteiger partial charge in [0.2, 0.25) is 0 Å². The van der Waals surface area contributed by atoms with Crippen LogP contribution in [0.3, 0.4) is 0 Å². The molecule has 1 aromatic rings. The standard InChI is InChI=1S/C12H11FN4/c1-17(2)12-4-3-10(5-11(12)13)16-8-9(6-14)7-15/h3-5,8,16H,1-2H3. The zero-order chi connectivity index (χ0) is 12.8. The Balaban J connectivity index is 2.90. The van der Waals surface area contributed by atoms with Crippen molar-refractivity contribution in [3.8, 4) is 12.1 Å². The number of halogens is 1. The molecule has 1 N–H and O–H groups in total. The third kappa shape index (κ3) is 3.22. The number of nitrogens with zero attached hydrogens (tertiary/aromatic N) is 3. The maximum Gasteiger partial charge on any atom is 0.148 e. The van der Waals surface area contributed by atoms with Crippen molar-refractivity contribution in [1.29, 1.82) is 10.5 Å². The minimum absolute atomic E-state index is 0.0675. The summed E-state index contributed by atoms with van der Waals surface area (Å²) >= 11 is 0. The van der Waals surface area contributed by atoms with E-state index in [4.69, 9.17) is 10.5 Å². The summed E-state index contributed by atoms with van der Waals surface area (Å²) in [7, 11) is 3.49. The van der Waals surface area contributed by atoms with Crippen molar-refractivity contribution < 1.29 is 4.39 Å². The van der Waals surface area contributed by atoms with Crippen LogP contribution in [0.1, 0.15) is 0 Å². The van der Waals surface area contributed by atoms with Crippen molar-refractivity contribution in [1.82, 2.24) is 0 Å². The molecule has 0 unspecified atom stereocenters. The highest BCUT2D eigenvalue weighted by Crippen LogP contribution is 2.21. The molecule has 5 heteroatoms. The van der Waals surface area contributed by atoms with Crippen molar-refractivity contribution in [3.05, 3.63) is 35.8 Å². The summed E-state index contributed by atoms with van der Waals surface area (Å²) in [6, 6.07) is 7.99. The van der Waals surface area contributed by atoms with Crippen molar-refractivity contribution in [2.45, 2.75) is 0 Å². The Bertz CT molecular complexity index is 504. The van der Waals surface area contributed by atoms with E-state index in [0.29, 0.717) is 11.4 Å². The minimum atomic E-state index is -0.371. The van der Waals surface area contributed by atoms with Crippen molar-refractivity contribution in [2.75, 3.05) is 24.3 Å². The number of rotatable bonds is 3. The smallest absolute Gasteiger partial charge is 0.148 e. The lowest BCUT2D eigenvalue weighted by Crippen LogP contribution is -2.10. The first-order valence-corrected chi connectivity index (χ1v) is 4.82. The van der Waals surface area contributed by atoms with Crippen LogP contribution in [0.15, 0.2) is 30.0 Å². The van der Waals surface area contributed by atoms with Gasteiger partial charge in [0, 0.05) is 26.0 Å². The average molecular weight is 230 g/mol. The molecule has 17 heavy (non-hydrogen) atoms. The van der Waals surface area contributed by atoms with Crippen molar-refractivity contribution in [2.24, 2.45) is 0 Å². The molecule has 0 heterocycles. The lowest BCUT2D eigenvalue weighted by Gasteiger charge is -2.14. The molecule has 0 atom stereocenters. The molecule has 0 amide bonds. The molecule has 1 aromatic carbocycles. The molecule has 0 bridgehead atoms. The topological polar surface area (TPSA) is 62.9 Å². The van der Waals surface area contributed by atoms with E-state index >= 15 is 0 Å². The van der Waals surface area contributed by atoms with Crippen LogP contribution in [-0.4, -0.2) is 14.1 Å². The van der Waals surface area contributed by atoms with Gasteiger partial charge < -0.3 is 10.2 Å². The molecule has 0 aliphatic carbocycles. The molecule has 0 aromatic heterocycles. The summed E-state index contributed by atoms with van der Waals surface area (Å²) in [5, 5.41) is 19.7. The quantitative estimate of drug-likeness (QED) is 0.809. The van der Waals surface area contributed by atoms with E-state index in [1.54, 1.807) is 43.3 Å². The number of anilines is 2. The Hall–Kier alpha value is -2.53. The second-order valence-electron chi connectivity index (χ2n) is 3.49. The van der Waals surface area contributed by atoms with Crippen molar-refractivity contribution in [3.63, 3.8) is 0 Å². The zero-order valence-corrected chi connectivity index (χ0v) is 9.53. The van der Waals surface area contributed by atoms with Gasteiger partial charge in [-0.25, -0.2) is 4.39 Å². The van der Waals surface area contributed by atoms with Gasteiger partial charge in [-0.05, 0) is 18.2 Å². The number of allylic oxidation sites excluding steroid dienone is 1. The lowest BCUT2D eigenvalue weighted by atomic mass is 10.2. The molecule has 86 valence electrons. The monoisotopic (exact) mass is 230 g/mol.